The normalized spacial score (nSPS) is 17.9. The van der Waals surface area contributed by atoms with E-state index in [0.29, 0.717) is 40.4 Å². The second-order valence-electron chi connectivity index (χ2n) is 9.25. The van der Waals surface area contributed by atoms with Crippen molar-refractivity contribution in [2.45, 2.75) is 46.1 Å². The van der Waals surface area contributed by atoms with Gasteiger partial charge in [-0.3, -0.25) is 9.59 Å². The van der Waals surface area contributed by atoms with Gasteiger partial charge in [0.1, 0.15) is 5.82 Å². The maximum atomic E-state index is 13.5. The lowest BCUT2D eigenvalue weighted by Gasteiger charge is -2.13. The van der Waals surface area contributed by atoms with Crippen LogP contribution in [-0.4, -0.2) is 30.9 Å². The van der Waals surface area contributed by atoms with Gasteiger partial charge in [-0.05, 0) is 93.1 Å². The first-order chi connectivity index (χ1) is 17.2. The Morgan fingerprint density at radius 1 is 1.14 bits per heavy atom. The van der Waals surface area contributed by atoms with Gasteiger partial charge in [0, 0.05) is 41.2 Å². The summed E-state index contributed by atoms with van der Waals surface area (Å²) in [6.45, 7) is 6.81. The first-order valence-electron chi connectivity index (χ1n) is 12.1. The van der Waals surface area contributed by atoms with E-state index in [9.17, 15) is 14.0 Å². The molecule has 2 N–H and O–H groups in total. The molecule has 1 fully saturated rings. The number of carbonyl (C=O) groups is 2. The van der Waals surface area contributed by atoms with Crippen LogP contribution in [0.1, 0.15) is 49.0 Å². The maximum Gasteiger partial charge on any atom is 0.247 e. The summed E-state index contributed by atoms with van der Waals surface area (Å²) in [7, 11) is 0. The average Bonchev–Trinajstić information content (AvgIpc) is 3.32. The Morgan fingerprint density at radius 2 is 1.94 bits per heavy atom. The summed E-state index contributed by atoms with van der Waals surface area (Å²) < 4.78 is 19.0. The molecule has 4 rings (SSSR count). The highest BCUT2D eigenvalue weighted by atomic mass is 35.5. The molecule has 0 aromatic heterocycles. The van der Waals surface area contributed by atoms with E-state index in [1.165, 1.54) is 12.1 Å². The van der Waals surface area contributed by atoms with Gasteiger partial charge in [0.25, 0.3) is 0 Å². The minimum Gasteiger partial charge on any atom is -0.376 e. The number of ether oxygens (including phenoxy) is 1. The molecular formula is C29H30ClFN2O3. The Bertz CT molecular complexity index is 1290. The molecule has 0 spiro atoms. The fourth-order valence-corrected chi connectivity index (χ4v) is 4.66. The lowest BCUT2D eigenvalue weighted by molar-refractivity contribution is -0.118. The second kappa shape index (κ2) is 11.2. The highest BCUT2D eigenvalue weighted by Crippen LogP contribution is 2.31. The minimum atomic E-state index is -0.301. The van der Waals surface area contributed by atoms with Gasteiger partial charge < -0.3 is 15.4 Å². The van der Waals surface area contributed by atoms with E-state index in [0.717, 1.165) is 41.8 Å². The van der Waals surface area contributed by atoms with Gasteiger partial charge in [-0.15, -0.1) is 0 Å². The molecule has 0 radical (unpaired) electrons. The summed E-state index contributed by atoms with van der Waals surface area (Å²) in [4.78, 5) is 26.2. The van der Waals surface area contributed by atoms with Crippen molar-refractivity contribution in [3.05, 3.63) is 92.8 Å². The van der Waals surface area contributed by atoms with Crippen LogP contribution in [-0.2, 0) is 9.53 Å². The third-order valence-corrected chi connectivity index (χ3v) is 6.96. The lowest BCUT2D eigenvalue weighted by Crippen LogP contribution is -2.32. The Hall–Kier alpha value is -3.22. The lowest BCUT2D eigenvalue weighted by atomic mass is 9.94. The number of carbonyl (C=O) groups excluding carboxylic acids is 2. The zero-order chi connectivity index (χ0) is 25.8. The third kappa shape index (κ3) is 5.94. The maximum absolute atomic E-state index is 13.5. The van der Waals surface area contributed by atoms with Crippen LogP contribution in [0.2, 0.25) is 5.02 Å². The number of aryl methyl sites for hydroxylation is 1. The topological polar surface area (TPSA) is 67.4 Å². The van der Waals surface area contributed by atoms with Crippen molar-refractivity contribution in [3.63, 3.8) is 0 Å². The molecule has 1 atom stereocenters. The monoisotopic (exact) mass is 508 g/mol. The molecule has 0 bridgehead atoms. The Balaban J connectivity index is 1.49. The zero-order valence-corrected chi connectivity index (χ0v) is 21.5. The molecular weight excluding hydrogens is 479 g/mol. The highest BCUT2D eigenvalue weighted by Gasteiger charge is 2.22. The quantitative estimate of drug-likeness (QED) is 0.413. The summed E-state index contributed by atoms with van der Waals surface area (Å²) in [6.07, 6.45) is 6.03. The van der Waals surface area contributed by atoms with Crippen LogP contribution in [0.5, 0.6) is 0 Å². The molecule has 1 aliphatic heterocycles. The number of hydrogen-bond donors (Lipinski definition) is 2. The predicted octanol–water partition coefficient (Wildman–Crippen LogP) is 6.60. The number of rotatable bonds is 7. The van der Waals surface area contributed by atoms with Crippen LogP contribution >= 0.6 is 11.6 Å². The van der Waals surface area contributed by atoms with Crippen LogP contribution < -0.4 is 10.6 Å². The summed E-state index contributed by atoms with van der Waals surface area (Å²) >= 11 is 6.53. The number of benzene rings is 2. The number of Topliss-reactive ketones (excluding diaryl/α,β-unsaturated/α-hetero) is 1. The Kier molecular flexibility index (Phi) is 8.07. The van der Waals surface area contributed by atoms with E-state index in [1.807, 2.05) is 26.8 Å². The molecule has 188 valence electrons. The number of hydrogen-bond acceptors (Lipinski definition) is 4. The molecule has 1 aliphatic carbocycles. The van der Waals surface area contributed by atoms with Crippen LogP contribution in [0.25, 0.3) is 0 Å². The smallest absolute Gasteiger partial charge is 0.247 e. The van der Waals surface area contributed by atoms with Gasteiger partial charge in [0.05, 0.1) is 11.1 Å². The van der Waals surface area contributed by atoms with E-state index in [2.05, 4.69) is 10.6 Å². The Labute approximate surface area is 216 Å². The van der Waals surface area contributed by atoms with Crippen LogP contribution in [0.15, 0.2) is 70.8 Å². The summed E-state index contributed by atoms with van der Waals surface area (Å²) in [5.41, 5.74) is 5.38. The highest BCUT2D eigenvalue weighted by molar-refractivity contribution is 6.35. The van der Waals surface area contributed by atoms with Crippen molar-refractivity contribution in [1.29, 1.82) is 0 Å². The summed E-state index contributed by atoms with van der Waals surface area (Å²) in [6, 6.07) is 9.63. The van der Waals surface area contributed by atoms with Crippen molar-refractivity contribution in [1.82, 2.24) is 5.32 Å². The van der Waals surface area contributed by atoms with Crippen LogP contribution in [0, 0.1) is 12.7 Å². The van der Waals surface area contributed by atoms with Gasteiger partial charge in [-0.1, -0.05) is 23.8 Å². The number of nitrogens with one attached hydrogen (secondary N) is 2. The van der Waals surface area contributed by atoms with Crippen LogP contribution in [0.4, 0.5) is 15.8 Å². The molecule has 0 saturated carbocycles. The fraction of sp³-hybridized carbons (Fsp3) is 0.310. The van der Waals surface area contributed by atoms with Crippen molar-refractivity contribution in [2.24, 2.45) is 0 Å². The summed E-state index contributed by atoms with van der Waals surface area (Å²) in [5.74, 6) is -0.645. The van der Waals surface area contributed by atoms with E-state index in [-0.39, 0.29) is 23.6 Å². The number of amides is 1. The molecule has 2 aromatic carbocycles. The number of allylic oxidation sites excluding steroid dienone is 5. The molecule has 1 heterocycles. The number of anilines is 2. The van der Waals surface area contributed by atoms with Gasteiger partial charge in [0.15, 0.2) is 5.78 Å². The molecule has 1 amide bonds. The molecule has 36 heavy (non-hydrogen) atoms. The predicted molar refractivity (Wildman–Crippen MR) is 141 cm³/mol. The second-order valence-corrected chi connectivity index (χ2v) is 9.66. The molecule has 2 aromatic rings. The van der Waals surface area contributed by atoms with Crippen molar-refractivity contribution in [3.8, 4) is 0 Å². The van der Waals surface area contributed by atoms with E-state index >= 15 is 0 Å². The minimum absolute atomic E-state index is 0.0676. The van der Waals surface area contributed by atoms with Crippen molar-refractivity contribution < 1.29 is 18.7 Å². The third-order valence-electron chi connectivity index (χ3n) is 6.64. The Morgan fingerprint density at radius 3 is 2.64 bits per heavy atom. The van der Waals surface area contributed by atoms with E-state index < -0.39 is 0 Å². The van der Waals surface area contributed by atoms with Crippen molar-refractivity contribution >= 4 is 34.7 Å². The fourth-order valence-electron chi connectivity index (χ4n) is 4.40. The van der Waals surface area contributed by atoms with Crippen LogP contribution in [0.3, 0.4) is 0 Å². The first kappa shape index (κ1) is 25.9. The van der Waals surface area contributed by atoms with E-state index in [1.54, 1.807) is 30.3 Å². The zero-order valence-electron chi connectivity index (χ0n) is 20.7. The van der Waals surface area contributed by atoms with Gasteiger partial charge in [-0.25, -0.2) is 4.39 Å². The standard InChI is InChI=1S/C29H30ClFN2O3/c1-17-13-20(29(35)32-16-23-5-4-12-36-23)6-9-24(19(17)3)28(34)25-10-8-22(15-26(25)30)33-27-11-7-21(31)14-18(27)2/h7-11,13-15,23,33H,4-6,12,16H2,1-3H3,(H,32,35). The van der Waals surface area contributed by atoms with Crippen molar-refractivity contribution in [2.75, 3.05) is 18.5 Å². The molecule has 1 saturated heterocycles. The largest absolute Gasteiger partial charge is 0.376 e. The molecule has 1 unspecified atom stereocenters. The average molecular weight is 509 g/mol. The first-order valence-corrected chi connectivity index (χ1v) is 12.5. The number of halogens is 2. The number of ketones is 1. The van der Waals surface area contributed by atoms with Gasteiger partial charge in [0.2, 0.25) is 5.91 Å². The summed E-state index contributed by atoms with van der Waals surface area (Å²) in [5, 5.41) is 6.48. The molecule has 7 heteroatoms. The molecule has 2 aliphatic rings. The van der Waals surface area contributed by atoms with E-state index in [4.69, 9.17) is 16.3 Å². The van der Waals surface area contributed by atoms with Gasteiger partial charge >= 0.3 is 0 Å². The SMILES string of the molecule is CC1=C(C)C(C(=O)c2ccc(Nc3ccc(F)cc3C)cc2Cl)=CCC(C(=O)NCC2CCCO2)=C1. The van der Waals surface area contributed by atoms with Gasteiger partial charge in [-0.2, -0.15) is 0 Å². The molecule has 5 nitrogen and oxygen atoms in total.